The Labute approximate surface area is 141 Å². The molecule has 0 aromatic carbocycles. The fourth-order valence-corrected chi connectivity index (χ4v) is 2.56. The van der Waals surface area contributed by atoms with Gasteiger partial charge < -0.3 is 30.3 Å². The summed E-state index contributed by atoms with van der Waals surface area (Å²) in [5.41, 5.74) is 0.875. The predicted octanol–water partition coefficient (Wildman–Crippen LogP) is -1.19. The van der Waals surface area contributed by atoms with Crippen molar-refractivity contribution in [3.05, 3.63) is 30.1 Å². The van der Waals surface area contributed by atoms with Gasteiger partial charge in [-0.05, 0) is 12.1 Å². The standard InChI is InChI=1S/C16H25N3O5/c1-23-7-6-19-14(20)8-12-15(21)16(22)13(24-12)10-17-9-11-4-2-3-5-18-11/h2-5,12-13,15-17,21-22H,6-10H2,1H3,(H,19,20). The number of aliphatic hydroxyl groups is 2. The molecule has 0 radical (unpaired) electrons. The number of carbonyl (C=O) groups is 1. The Bertz CT molecular complexity index is 502. The van der Waals surface area contributed by atoms with Crippen molar-refractivity contribution in [2.24, 2.45) is 0 Å². The van der Waals surface area contributed by atoms with Crippen molar-refractivity contribution in [3.8, 4) is 0 Å². The van der Waals surface area contributed by atoms with E-state index in [0.717, 1.165) is 5.69 Å². The van der Waals surface area contributed by atoms with Crippen LogP contribution in [-0.2, 0) is 20.8 Å². The first-order valence-electron chi connectivity index (χ1n) is 7.99. The van der Waals surface area contributed by atoms with Gasteiger partial charge in [0.15, 0.2) is 0 Å². The van der Waals surface area contributed by atoms with E-state index in [1.54, 1.807) is 13.3 Å². The van der Waals surface area contributed by atoms with E-state index in [4.69, 9.17) is 9.47 Å². The van der Waals surface area contributed by atoms with E-state index in [1.807, 2.05) is 18.2 Å². The third-order valence-corrected chi connectivity index (χ3v) is 3.85. The maximum absolute atomic E-state index is 11.8. The molecule has 0 bridgehead atoms. The summed E-state index contributed by atoms with van der Waals surface area (Å²) in [4.78, 5) is 16.0. The minimum absolute atomic E-state index is 0.00131. The molecule has 0 spiro atoms. The smallest absolute Gasteiger partial charge is 0.222 e. The fraction of sp³-hybridized carbons (Fsp3) is 0.625. The average Bonchev–Trinajstić information content (AvgIpc) is 2.84. The normalized spacial score (nSPS) is 26.5. The van der Waals surface area contributed by atoms with Crippen LogP contribution in [0.1, 0.15) is 12.1 Å². The van der Waals surface area contributed by atoms with Crippen molar-refractivity contribution in [1.29, 1.82) is 0 Å². The summed E-state index contributed by atoms with van der Waals surface area (Å²) in [7, 11) is 1.55. The molecule has 2 rings (SSSR count). The first kappa shape index (κ1) is 18.8. The number of carbonyl (C=O) groups excluding carboxylic acids is 1. The molecule has 4 N–H and O–H groups in total. The second-order valence-corrected chi connectivity index (χ2v) is 5.69. The molecule has 1 aliphatic heterocycles. The molecule has 2 heterocycles. The van der Waals surface area contributed by atoms with Gasteiger partial charge in [0.2, 0.25) is 5.91 Å². The molecule has 134 valence electrons. The number of hydrogen-bond acceptors (Lipinski definition) is 7. The lowest BCUT2D eigenvalue weighted by atomic mass is 10.1. The maximum atomic E-state index is 11.8. The van der Waals surface area contributed by atoms with Gasteiger partial charge in [0.25, 0.3) is 0 Å². The largest absolute Gasteiger partial charge is 0.388 e. The minimum atomic E-state index is -1.08. The molecule has 24 heavy (non-hydrogen) atoms. The van der Waals surface area contributed by atoms with Crippen LogP contribution >= 0.6 is 0 Å². The van der Waals surface area contributed by atoms with Crippen LogP contribution in [0.5, 0.6) is 0 Å². The molecular weight excluding hydrogens is 314 g/mol. The molecule has 1 fully saturated rings. The minimum Gasteiger partial charge on any atom is -0.388 e. The zero-order chi connectivity index (χ0) is 17.4. The van der Waals surface area contributed by atoms with E-state index in [-0.39, 0.29) is 12.3 Å². The molecule has 1 aromatic rings. The fourth-order valence-electron chi connectivity index (χ4n) is 2.56. The SMILES string of the molecule is COCCNC(=O)CC1OC(CNCc2ccccn2)C(O)C1O. The van der Waals surface area contributed by atoms with Gasteiger partial charge in [-0.25, -0.2) is 0 Å². The summed E-state index contributed by atoms with van der Waals surface area (Å²) >= 11 is 0. The highest BCUT2D eigenvalue weighted by Crippen LogP contribution is 2.23. The molecule has 1 aromatic heterocycles. The second-order valence-electron chi connectivity index (χ2n) is 5.69. The number of amides is 1. The van der Waals surface area contributed by atoms with Crippen LogP contribution in [0.3, 0.4) is 0 Å². The van der Waals surface area contributed by atoms with Crippen LogP contribution in [-0.4, -0.2) is 72.3 Å². The highest BCUT2D eigenvalue weighted by atomic mass is 16.5. The molecule has 8 heteroatoms. The van der Waals surface area contributed by atoms with Gasteiger partial charge in [-0.2, -0.15) is 0 Å². The third-order valence-electron chi connectivity index (χ3n) is 3.85. The van der Waals surface area contributed by atoms with E-state index in [0.29, 0.717) is 26.2 Å². The van der Waals surface area contributed by atoms with Crippen LogP contribution < -0.4 is 10.6 Å². The summed E-state index contributed by atoms with van der Waals surface area (Å²) in [6.07, 6.45) is -1.69. The molecule has 0 aliphatic carbocycles. The van der Waals surface area contributed by atoms with Gasteiger partial charge in [-0.1, -0.05) is 6.07 Å². The van der Waals surface area contributed by atoms with Crippen LogP contribution in [0.4, 0.5) is 0 Å². The van der Waals surface area contributed by atoms with Crippen molar-refractivity contribution in [3.63, 3.8) is 0 Å². The van der Waals surface area contributed by atoms with Gasteiger partial charge in [0, 0.05) is 32.9 Å². The van der Waals surface area contributed by atoms with Crippen molar-refractivity contribution >= 4 is 5.91 Å². The summed E-state index contributed by atoms with van der Waals surface area (Å²) < 4.78 is 10.5. The highest BCUT2D eigenvalue weighted by molar-refractivity contribution is 5.76. The number of pyridine rings is 1. The van der Waals surface area contributed by atoms with Crippen molar-refractivity contribution < 1.29 is 24.5 Å². The number of nitrogens with one attached hydrogen (secondary N) is 2. The third kappa shape index (κ3) is 5.50. The van der Waals surface area contributed by atoms with Gasteiger partial charge in [0.1, 0.15) is 12.2 Å². The van der Waals surface area contributed by atoms with E-state index in [9.17, 15) is 15.0 Å². The van der Waals surface area contributed by atoms with Gasteiger partial charge in [-0.3, -0.25) is 9.78 Å². The molecule has 1 saturated heterocycles. The van der Waals surface area contributed by atoms with Crippen LogP contribution in [0, 0.1) is 0 Å². The van der Waals surface area contributed by atoms with Crippen LogP contribution in [0.15, 0.2) is 24.4 Å². The Balaban J connectivity index is 1.74. The molecular formula is C16H25N3O5. The number of rotatable bonds is 9. The Morgan fingerprint density at radius 1 is 1.33 bits per heavy atom. The van der Waals surface area contributed by atoms with Gasteiger partial charge >= 0.3 is 0 Å². The van der Waals surface area contributed by atoms with Crippen LogP contribution in [0.25, 0.3) is 0 Å². The van der Waals surface area contributed by atoms with E-state index in [2.05, 4.69) is 15.6 Å². The number of hydrogen-bond donors (Lipinski definition) is 4. The molecule has 4 unspecified atom stereocenters. The number of nitrogens with zero attached hydrogens (tertiary/aromatic N) is 1. The summed E-state index contributed by atoms with van der Waals surface area (Å²) in [5, 5.41) is 25.9. The van der Waals surface area contributed by atoms with E-state index < -0.39 is 24.4 Å². The van der Waals surface area contributed by atoms with Crippen LogP contribution in [0.2, 0.25) is 0 Å². The zero-order valence-electron chi connectivity index (χ0n) is 13.7. The summed E-state index contributed by atoms with van der Waals surface area (Å²) in [5.74, 6) is -0.245. The number of aromatic nitrogens is 1. The quantitative estimate of drug-likeness (QED) is 0.419. The van der Waals surface area contributed by atoms with Crippen molar-refractivity contribution in [2.45, 2.75) is 37.4 Å². The maximum Gasteiger partial charge on any atom is 0.222 e. The Hall–Kier alpha value is -1.58. The van der Waals surface area contributed by atoms with Crippen molar-refractivity contribution in [2.75, 3.05) is 26.8 Å². The van der Waals surface area contributed by atoms with E-state index >= 15 is 0 Å². The lowest BCUT2D eigenvalue weighted by Gasteiger charge is -2.15. The molecule has 4 atom stereocenters. The lowest BCUT2D eigenvalue weighted by molar-refractivity contribution is -0.125. The Morgan fingerprint density at radius 3 is 2.83 bits per heavy atom. The van der Waals surface area contributed by atoms with E-state index in [1.165, 1.54) is 0 Å². The topological polar surface area (TPSA) is 113 Å². The van der Waals surface area contributed by atoms with Gasteiger partial charge in [0.05, 0.1) is 30.9 Å². The molecule has 1 amide bonds. The average molecular weight is 339 g/mol. The van der Waals surface area contributed by atoms with Crippen molar-refractivity contribution in [1.82, 2.24) is 15.6 Å². The predicted molar refractivity (Wildman–Crippen MR) is 86.1 cm³/mol. The molecule has 0 saturated carbocycles. The number of aliphatic hydroxyl groups excluding tert-OH is 2. The first-order chi connectivity index (χ1) is 11.6. The summed E-state index contributed by atoms with van der Waals surface area (Å²) in [6.45, 7) is 1.71. The Kier molecular flexibility index (Phi) is 7.54. The monoisotopic (exact) mass is 339 g/mol. The highest BCUT2D eigenvalue weighted by Gasteiger charge is 2.42. The molecule has 1 aliphatic rings. The first-order valence-corrected chi connectivity index (χ1v) is 7.99. The number of methoxy groups -OCH3 is 1. The Morgan fingerprint density at radius 2 is 2.12 bits per heavy atom. The number of ether oxygens (including phenoxy) is 2. The summed E-state index contributed by atoms with van der Waals surface area (Å²) in [6, 6.07) is 5.62. The lowest BCUT2D eigenvalue weighted by Crippen LogP contribution is -2.38. The van der Waals surface area contributed by atoms with Gasteiger partial charge in [-0.15, -0.1) is 0 Å². The zero-order valence-corrected chi connectivity index (χ0v) is 13.7. The second kappa shape index (κ2) is 9.65. The molecule has 8 nitrogen and oxygen atoms in total.